The predicted octanol–water partition coefficient (Wildman–Crippen LogP) is 2.54. The molecule has 2 aliphatic rings. The highest BCUT2D eigenvalue weighted by Gasteiger charge is 2.35. The van der Waals surface area contributed by atoms with Crippen molar-refractivity contribution < 1.29 is 35.9 Å². The molecule has 0 unspecified atom stereocenters. The van der Waals surface area contributed by atoms with Crippen molar-refractivity contribution in [2.75, 3.05) is 55.7 Å². The van der Waals surface area contributed by atoms with Gasteiger partial charge >= 0.3 is 12.4 Å². The van der Waals surface area contributed by atoms with Crippen molar-refractivity contribution >= 4 is 17.5 Å². The quantitative estimate of drug-likeness (QED) is 0.570. The van der Waals surface area contributed by atoms with E-state index in [-0.39, 0.29) is 36.7 Å². The van der Waals surface area contributed by atoms with Gasteiger partial charge in [-0.2, -0.15) is 26.3 Å². The summed E-state index contributed by atoms with van der Waals surface area (Å²) in [7, 11) is 0. The van der Waals surface area contributed by atoms with Crippen LogP contribution in [0.4, 0.5) is 38.0 Å². The van der Waals surface area contributed by atoms with Crippen molar-refractivity contribution in [2.45, 2.75) is 31.3 Å². The lowest BCUT2D eigenvalue weighted by molar-refractivity contribution is -0.139. The fourth-order valence-corrected chi connectivity index (χ4v) is 4.22. The Bertz CT molecular complexity index is 1150. The maximum Gasteiger partial charge on any atom is 0.421 e. The van der Waals surface area contributed by atoms with Crippen molar-refractivity contribution in [3.05, 3.63) is 46.1 Å². The SMILES string of the molecule is O=C(CCO[C@H]1CCN(c2c[nH]c(=O)c(C(F)(F)F)c2)C1)N1CCN(c2ncc(C(F)(F)F)cn2)CC1. The molecule has 1 atom stereocenters. The minimum Gasteiger partial charge on any atom is -0.376 e. The highest BCUT2D eigenvalue weighted by Crippen LogP contribution is 2.30. The smallest absolute Gasteiger partial charge is 0.376 e. The van der Waals surface area contributed by atoms with Crippen molar-refractivity contribution in [2.24, 2.45) is 0 Å². The number of rotatable bonds is 6. The number of nitrogens with zero attached hydrogens (tertiary/aromatic N) is 5. The Morgan fingerprint density at radius 1 is 1.00 bits per heavy atom. The number of H-pyrrole nitrogens is 1. The van der Waals surface area contributed by atoms with Gasteiger partial charge in [0.15, 0.2) is 0 Å². The summed E-state index contributed by atoms with van der Waals surface area (Å²) in [6.45, 7) is 2.35. The molecule has 0 aromatic carbocycles. The Balaban J connectivity index is 1.20. The molecule has 2 fully saturated rings. The molecule has 0 aliphatic carbocycles. The van der Waals surface area contributed by atoms with Crippen LogP contribution in [-0.4, -0.2) is 77.7 Å². The van der Waals surface area contributed by atoms with Gasteiger partial charge in [-0.15, -0.1) is 0 Å². The number of halogens is 6. The van der Waals surface area contributed by atoms with Crippen LogP contribution >= 0.6 is 0 Å². The van der Waals surface area contributed by atoms with E-state index in [1.807, 2.05) is 0 Å². The van der Waals surface area contributed by atoms with Gasteiger partial charge in [-0.1, -0.05) is 0 Å². The van der Waals surface area contributed by atoms with Gasteiger partial charge in [0.05, 0.1) is 30.4 Å². The van der Waals surface area contributed by atoms with Gasteiger partial charge in [-0.25, -0.2) is 9.97 Å². The topological polar surface area (TPSA) is 94.7 Å². The normalized spacial score (nSPS) is 19.0. The fourth-order valence-electron chi connectivity index (χ4n) is 4.22. The Kier molecular flexibility index (Phi) is 7.62. The number of alkyl halides is 6. The van der Waals surface area contributed by atoms with Crippen LogP contribution < -0.4 is 15.4 Å². The van der Waals surface area contributed by atoms with Crippen LogP contribution in [0, 0.1) is 0 Å². The molecule has 9 nitrogen and oxygen atoms in total. The number of carbonyl (C=O) groups excluding carboxylic acids is 1. The van der Waals surface area contributed by atoms with Crippen LogP contribution in [0.1, 0.15) is 24.0 Å². The fraction of sp³-hybridized carbons (Fsp3) is 0.545. The van der Waals surface area contributed by atoms with E-state index in [4.69, 9.17) is 4.74 Å². The van der Waals surface area contributed by atoms with E-state index in [9.17, 15) is 35.9 Å². The summed E-state index contributed by atoms with van der Waals surface area (Å²) in [5, 5.41) is 0. The number of aromatic amines is 1. The highest BCUT2D eigenvalue weighted by molar-refractivity contribution is 5.76. The van der Waals surface area contributed by atoms with Gasteiger partial charge in [0, 0.05) is 57.9 Å². The van der Waals surface area contributed by atoms with E-state index in [0.29, 0.717) is 45.7 Å². The second-order valence-corrected chi connectivity index (χ2v) is 8.71. The molecule has 2 aromatic rings. The highest BCUT2D eigenvalue weighted by atomic mass is 19.4. The molecule has 0 spiro atoms. The van der Waals surface area contributed by atoms with Gasteiger partial charge in [-0.3, -0.25) is 9.59 Å². The van der Waals surface area contributed by atoms with Gasteiger partial charge in [-0.05, 0) is 12.5 Å². The van der Waals surface area contributed by atoms with E-state index in [0.717, 1.165) is 18.5 Å². The first-order valence-electron chi connectivity index (χ1n) is 11.5. The lowest BCUT2D eigenvalue weighted by atomic mass is 10.2. The number of pyridine rings is 1. The molecule has 1 N–H and O–H groups in total. The van der Waals surface area contributed by atoms with Crippen LogP contribution in [0.2, 0.25) is 0 Å². The Morgan fingerprint density at radius 2 is 1.68 bits per heavy atom. The van der Waals surface area contributed by atoms with Crippen LogP contribution in [0.25, 0.3) is 0 Å². The number of aromatic nitrogens is 3. The molecule has 1 amide bonds. The van der Waals surface area contributed by atoms with Gasteiger partial charge in [0.1, 0.15) is 5.56 Å². The number of piperazine rings is 1. The zero-order valence-electron chi connectivity index (χ0n) is 19.5. The van der Waals surface area contributed by atoms with Crippen LogP contribution in [-0.2, 0) is 21.9 Å². The van der Waals surface area contributed by atoms with E-state index >= 15 is 0 Å². The molecule has 0 bridgehead atoms. The van der Waals surface area contributed by atoms with E-state index in [1.165, 1.54) is 6.20 Å². The van der Waals surface area contributed by atoms with Crippen molar-refractivity contribution in [1.29, 1.82) is 0 Å². The number of anilines is 2. The minimum atomic E-state index is -4.75. The van der Waals surface area contributed by atoms with Gasteiger partial charge in [0.2, 0.25) is 11.9 Å². The first kappa shape index (κ1) is 26.7. The van der Waals surface area contributed by atoms with Crippen molar-refractivity contribution in [3.8, 4) is 0 Å². The summed E-state index contributed by atoms with van der Waals surface area (Å²) >= 11 is 0. The molecule has 2 aliphatic heterocycles. The number of hydrogen-bond donors (Lipinski definition) is 1. The summed E-state index contributed by atoms with van der Waals surface area (Å²) in [4.78, 5) is 38.7. The Morgan fingerprint density at radius 3 is 2.30 bits per heavy atom. The summed E-state index contributed by atoms with van der Waals surface area (Å²) in [5.74, 6) is 0.0253. The Hall–Kier alpha value is -3.36. The molecule has 2 saturated heterocycles. The number of ether oxygens (including phenoxy) is 1. The zero-order valence-corrected chi connectivity index (χ0v) is 19.5. The molecule has 202 valence electrons. The zero-order chi connectivity index (χ0) is 26.8. The third-order valence-corrected chi connectivity index (χ3v) is 6.25. The number of nitrogens with one attached hydrogen (secondary N) is 1. The largest absolute Gasteiger partial charge is 0.421 e. The maximum atomic E-state index is 13.0. The third-order valence-electron chi connectivity index (χ3n) is 6.25. The summed E-state index contributed by atoms with van der Waals surface area (Å²) in [6, 6.07) is 0.820. The summed E-state index contributed by atoms with van der Waals surface area (Å²) in [5.41, 5.74) is -3.15. The predicted molar refractivity (Wildman–Crippen MR) is 119 cm³/mol. The standard InChI is InChI=1S/C22H24F6N6O3/c23-21(24,25)14-10-30-20(31-11-14)33-6-4-32(5-7-33)18(35)2-8-37-16-1-3-34(13-16)15-9-17(22(26,27)28)19(36)29-12-15/h9-12,16H,1-8,13H2,(H,29,36)/t16-/m0/s1. The second-order valence-electron chi connectivity index (χ2n) is 8.71. The second kappa shape index (κ2) is 10.6. The molecule has 37 heavy (non-hydrogen) atoms. The van der Waals surface area contributed by atoms with E-state index in [2.05, 4.69) is 15.0 Å². The first-order valence-corrected chi connectivity index (χ1v) is 11.5. The molecule has 0 radical (unpaired) electrons. The molecule has 4 rings (SSSR count). The van der Waals surface area contributed by atoms with Crippen molar-refractivity contribution in [1.82, 2.24) is 19.9 Å². The molecule has 2 aromatic heterocycles. The molecule has 0 saturated carbocycles. The average Bonchev–Trinajstić information content (AvgIpc) is 3.32. The number of hydrogen-bond acceptors (Lipinski definition) is 7. The number of amides is 1. The number of carbonyl (C=O) groups is 1. The first-order chi connectivity index (χ1) is 17.4. The van der Waals surface area contributed by atoms with Crippen molar-refractivity contribution in [3.63, 3.8) is 0 Å². The lowest BCUT2D eigenvalue weighted by Crippen LogP contribution is -2.49. The average molecular weight is 534 g/mol. The van der Waals surface area contributed by atoms with Crippen LogP contribution in [0.15, 0.2) is 29.5 Å². The van der Waals surface area contributed by atoms with E-state index < -0.39 is 29.0 Å². The molecule has 4 heterocycles. The molecule has 15 heteroatoms. The van der Waals surface area contributed by atoms with Crippen LogP contribution in [0.3, 0.4) is 0 Å². The van der Waals surface area contributed by atoms with Gasteiger partial charge < -0.3 is 24.4 Å². The monoisotopic (exact) mass is 534 g/mol. The maximum absolute atomic E-state index is 13.0. The Labute approximate surface area is 207 Å². The molecular formula is C22H24F6N6O3. The van der Waals surface area contributed by atoms with Gasteiger partial charge in [0.25, 0.3) is 5.56 Å². The minimum absolute atomic E-state index is 0.115. The van der Waals surface area contributed by atoms with Crippen LogP contribution in [0.5, 0.6) is 0 Å². The third kappa shape index (κ3) is 6.50. The summed E-state index contributed by atoms with van der Waals surface area (Å²) < 4.78 is 82.8. The summed E-state index contributed by atoms with van der Waals surface area (Å²) in [6.07, 6.45) is -6.18. The molecular weight excluding hydrogens is 510 g/mol. The lowest BCUT2D eigenvalue weighted by Gasteiger charge is -2.34. The van der Waals surface area contributed by atoms with E-state index in [1.54, 1.807) is 14.7 Å².